The zero-order valence-electron chi connectivity index (χ0n) is 15.5. The Morgan fingerprint density at radius 3 is 2.44 bits per heavy atom. The lowest BCUT2D eigenvalue weighted by Crippen LogP contribution is -2.42. The van der Waals surface area contributed by atoms with Gasteiger partial charge in [-0.1, -0.05) is 6.07 Å². The molecule has 0 bridgehead atoms. The van der Waals surface area contributed by atoms with Gasteiger partial charge in [-0.3, -0.25) is 9.59 Å². The molecule has 2 N–H and O–H groups in total. The van der Waals surface area contributed by atoms with Crippen molar-refractivity contribution in [3.8, 4) is 11.5 Å². The van der Waals surface area contributed by atoms with Crippen LogP contribution in [0, 0.1) is 5.82 Å². The van der Waals surface area contributed by atoms with Crippen LogP contribution in [0.1, 0.15) is 20.8 Å². The van der Waals surface area contributed by atoms with E-state index in [0.29, 0.717) is 23.7 Å². The highest BCUT2D eigenvalue weighted by atomic mass is 19.1. The molecule has 0 aliphatic carbocycles. The largest absolute Gasteiger partial charge is 0.484 e. The fourth-order valence-electron chi connectivity index (χ4n) is 2.19. The van der Waals surface area contributed by atoms with Gasteiger partial charge in [-0.05, 0) is 57.2 Å². The Morgan fingerprint density at radius 2 is 1.78 bits per heavy atom. The number of hydrogen-bond donors (Lipinski definition) is 2. The highest BCUT2D eigenvalue weighted by Gasteiger charge is 2.30. The van der Waals surface area contributed by atoms with E-state index in [4.69, 9.17) is 9.47 Å². The number of nitrogens with one attached hydrogen (secondary N) is 2. The normalized spacial score (nSPS) is 10.8. The van der Waals surface area contributed by atoms with Crippen LogP contribution in [0.5, 0.6) is 11.5 Å². The van der Waals surface area contributed by atoms with Crippen molar-refractivity contribution in [2.24, 2.45) is 0 Å². The molecule has 144 valence electrons. The molecule has 2 aromatic rings. The van der Waals surface area contributed by atoms with Crippen LogP contribution in [-0.2, 0) is 9.59 Å². The average molecular weight is 374 g/mol. The summed E-state index contributed by atoms with van der Waals surface area (Å²) in [5, 5.41) is 5.38. The van der Waals surface area contributed by atoms with Gasteiger partial charge in [0.1, 0.15) is 17.3 Å². The van der Waals surface area contributed by atoms with E-state index in [9.17, 15) is 14.0 Å². The zero-order chi connectivity index (χ0) is 19.9. The van der Waals surface area contributed by atoms with Gasteiger partial charge in [0.15, 0.2) is 12.2 Å². The molecule has 0 spiro atoms. The molecule has 2 rings (SSSR count). The summed E-state index contributed by atoms with van der Waals surface area (Å²) in [5.74, 6) is -0.144. The summed E-state index contributed by atoms with van der Waals surface area (Å²) in [7, 11) is 0. The van der Waals surface area contributed by atoms with Crippen LogP contribution >= 0.6 is 0 Å². The van der Waals surface area contributed by atoms with Crippen LogP contribution in [0.4, 0.5) is 10.1 Å². The summed E-state index contributed by atoms with van der Waals surface area (Å²) < 4.78 is 24.1. The molecule has 2 aromatic carbocycles. The number of hydrogen-bond acceptors (Lipinski definition) is 4. The van der Waals surface area contributed by atoms with Crippen LogP contribution in [-0.4, -0.2) is 30.6 Å². The quantitative estimate of drug-likeness (QED) is 0.744. The fraction of sp³-hybridized carbons (Fsp3) is 0.300. The van der Waals surface area contributed by atoms with Crippen molar-refractivity contribution in [2.45, 2.75) is 26.4 Å². The Kier molecular flexibility index (Phi) is 6.76. The van der Waals surface area contributed by atoms with E-state index in [2.05, 4.69) is 10.6 Å². The van der Waals surface area contributed by atoms with Gasteiger partial charge in [-0.25, -0.2) is 4.39 Å². The van der Waals surface area contributed by atoms with Crippen molar-refractivity contribution in [3.05, 3.63) is 54.3 Å². The number of carbonyl (C=O) groups excluding carboxylic acids is 2. The first-order valence-electron chi connectivity index (χ1n) is 8.56. The molecule has 0 aliphatic rings. The third kappa shape index (κ3) is 6.29. The van der Waals surface area contributed by atoms with E-state index in [1.807, 2.05) is 6.92 Å². The molecule has 2 amide bonds. The van der Waals surface area contributed by atoms with E-state index in [1.165, 1.54) is 24.3 Å². The van der Waals surface area contributed by atoms with Gasteiger partial charge >= 0.3 is 0 Å². The summed E-state index contributed by atoms with van der Waals surface area (Å²) >= 11 is 0. The molecule has 0 aromatic heterocycles. The highest BCUT2D eigenvalue weighted by Crippen LogP contribution is 2.22. The van der Waals surface area contributed by atoms with Gasteiger partial charge < -0.3 is 20.1 Å². The van der Waals surface area contributed by atoms with Gasteiger partial charge in [0.25, 0.3) is 11.8 Å². The van der Waals surface area contributed by atoms with Crippen LogP contribution in [0.2, 0.25) is 0 Å². The van der Waals surface area contributed by atoms with E-state index in [1.54, 1.807) is 38.1 Å². The molecular formula is C20H23FN2O4. The maximum atomic E-state index is 13.0. The van der Waals surface area contributed by atoms with E-state index in [-0.39, 0.29) is 24.2 Å². The Labute approximate surface area is 157 Å². The Bertz CT molecular complexity index is 791. The maximum absolute atomic E-state index is 13.0. The molecular weight excluding hydrogens is 351 g/mol. The predicted molar refractivity (Wildman–Crippen MR) is 100 cm³/mol. The molecule has 6 nitrogen and oxygen atoms in total. The third-order valence-electron chi connectivity index (χ3n) is 3.57. The number of carbonyl (C=O) groups is 2. The monoisotopic (exact) mass is 374 g/mol. The molecule has 0 aliphatic heterocycles. The van der Waals surface area contributed by atoms with Crippen molar-refractivity contribution in [1.29, 1.82) is 0 Å². The third-order valence-corrected chi connectivity index (χ3v) is 3.57. The lowest BCUT2D eigenvalue weighted by Gasteiger charge is -2.25. The number of ether oxygens (including phenoxy) is 2. The second-order valence-electron chi connectivity index (χ2n) is 6.29. The average Bonchev–Trinajstić information content (AvgIpc) is 2.62. The van der Waals surface area contributed by atoms with Gasteiger partial charge in [-0.15, -0.1) is 0 Å². The summed E-state index contributed by atoms with van der Waals surface area (Å²) in [6.45, 7) is 5.47. The van der Waals surface area contributed by atoms with Crippen LogP contribution in [0.25, 0.3) is 0 Å². The van der Waals surface area contributed by atoms with Gasteiger partial charge in [0.2, 0.25) is 0 Å². The second kappa shape index (κ2) is 9.02. The number of halogens is 1. The van der Waals surface area contributed by atoms with Crippen molar-refractivity contribution >= 4 is 17.5 Å². The first kappa shape index (κ1) is 20.2. The second-order valence-corrected chi connectivity index (χ2v) is 6.29. The van der Waals surface area contributed by atoms with Gasteiger partial charge in [0.05, 0.1) is 0 Å². The van der Waals surface area contributed by atoms with Gasteiger partial charge in [0, 0.05) is 18.3 Å². The van der Waals surface area contributed by atoms with Gasteiger partial charge in [-0.2, -0.15) is 0 Å². The fourth-order valence-corrected chi connectivity index (χ4v) is 2.19. The summed E-state index contributed by atoms with van der Waals surface area (Å²) in [6.07, 6.45) is 0. The lowest BCUT2D eigenvalue weighted by atomic mass is 10.1. The minimum atomic E-state index is -1.18. The number of amides is 2. The van der Waals surface area contributed by atoms with Crippen LogP contribution in [0.15, 0.2) is 48.5 Å². The smallest absolute Gasteiger partial charge is 0.267 e. The summed E-state index contributed by atoms with van der Waals surface area (Å²) in [6, 6.07) is 12.2. The maximum Gasteiger partial charge on any atom is 0.267 e. The molecule has 0 radical (unpaired) electrons. The van der Waals surface area contributed by atoms with E-state index < -0.39 is 5.60 Å². The van der Waals surface area contributed by atoms with E-state index in [0.717, 1.165) is 0 Å². The lowest BCUT2D eigenvalue weighted by molar-refractivity contribution is -0.128. The topological polar surface area (TPSA) is 76.7 Å². The number of anilines is 1. The number of rotatable bonds is 8. The van der Waals surface area contributed by atoms with Crippen molar-refractivity contribution in [2.75, 3.05) is 18.5 Å². The molecule has 0 heterocycles. The predicted octanol–water partition coefficient (Wildman–Crippen LogP) is 3.14. The Hall–Kier alpha value is -3.09. The van der Waals surface area contributed by atoms with Crippen molar-refractivity contribution in [1.82, 2.24) is 5.32 Å². The first-order chi connectivity index (χ1) is 12.8. The number of likely N-dealkylation sites (N-methyl/N-ethyl adjacent to an activating group) is 1. The molecule has 0 unspecified atom stereocenters. The zero-order valence-corrected chi connectivity index (χ0v) is 15.5. The minimum absolute atomic E-state index is 0.107. The molecule has 0 saturated heterocycles. The molecule has 0 fully saturated rings. The molecule has 7 heteroatoms. The highest BCUT2D eigenvalue weighted by molar-refractivity contribution is 5.97. The standard InChI is InChI=1S/C20H23FN2O4/c1-4-22-18(24)13-26-17-7-5-6-15(12-17)23-19(25)20(2,3)27-16-10-8-14(21)9-11-16/h5-12H,4,13H2,1-3H3,(H,22,24)(H,23,25). The molecule has 0 saturated carbocycles. The van der Waals surface area contributed by atoms with Crippen LogP contribution in [0.3, 0.4) is 0 Å². The van der Waals surface area contributed by atoms with Crippen molar-refractivity contribution < 1.29 is 23.5 Å². The number of benzene rings is 2. The summed E-state index contributed by atoms with van der Waals surface area (Å²) in [4.78, 5) is 24.0. The SMILES string of the molecule is CCNC(=O)COc1cccc(NC(=O)C(C)(C)Oc2ccc(F)cc2)c1. The molecule has 0 atom stereocenters. The van der Waals surface area contributed by atoms with Crippen molar-refractivity contribution in [3.63, 3.8) is 0 Å². The Morgan fingerprint density at radius 1 is 1.07 bits per heavy atom. The van der Waals surface area contributed by atoms with E-state index >= 15 is 0 Å². The first-order valence-corrected chi connectivity index (χ1v) is 8.56. The minimum Gasteiger partial charge on any atom is -0.484 e. The molecule has 27 heavy (non-hydrogen) atoms. The Balaban J connectivity index is 1.98. The van der Waals surface area contributed by atoms with Crippen LogP contribution < -0.4 is 20.1 Å². The summed E-state index contributed by atoms with van der Waals surface area (Å²) in [5.41, 5.74) is -0.681.